The van der Waals surface area contributed by atoms with Crippen LogP contribution in [0.5, 0.6) is 0 Å². The zero-order valence-corrected chi connectivity index (χ0v) is 13.4. The lowest BCUT2D eigenvalue weighted by Crippen LogP contribution is -2.49. The van der Waals surface area contributed by atoms with E-state index in [0.29, 0.717) is 37.8 Å². The molecule has 0 unspecified atom stereocenters. The molecule has 0 spiro atoms. The number of hydrogen-bond acceptors (Lipinski definition) is 5. The van der Waals surface area contributed by atoms with E-state index in [1.807, 2.05) is 11.9 Å². The molecule has 0 N–H and O–H groups in total. The van der Waals surface area contributed by atoms with Gasteiger partial charge in [-0.1, -0.05) is 5.16 Å². The normalized spacial score (nSPS) is 21.2. The van der Waals surface area contributed by atoms with Crippen LogP contribution in [0.3, 0.4) is 0 Å². The fraction of sp³-hybridized carbons (Fsp3) is 0.750. The van der Waals surface area contributed by atoms with E-state index in [-0.39, 0.29) is 29.6 Å². The summed E-state index contributed by atoms with van der Waals surface area (Å²) in [5.41, 5.74) is 0. The molecule has 23 heavy (non-hydrogen) atoms. The Labute approximate surface area is 135 Å². The van der Waals surface area contributed by atoms with Gasteiger partial charge in [0.05, 0.1) is 5.92 Å². The van der Waals surface area contributed by atoms with Crippen LogP contribution in [0.15, 0.2) is 4.52 Å². The molecule has 1 saturated heterocycles. The Hall–Kier alpha value is -1.92. The van der Waals surface area contributed by atoms with E-state index in [1.165, 1.54) is 0 Å². The highest BCUT2D eigenvalue weighted by Gasteiger charge is 2.41. The number of carbonyl (C=O) groups is 2. The summed E-state index contributed by atoms with van der Waals surface area (Å²) < 4.78 is 5.32. The number of rotatable bonds is 6. The fourth-order valence-electron chi connectivity index (χ4n) is 2.96. The SMILES string of the molecule is CN(CCc1noc(C2CN(C(=O)C3CC3)C2)n1)C(=O)C1CC1. The van der Waals surface area contributed by atoms with Gasteiger partial charge >= 0.3 is 0 Å². The Morgan fingerprint density at radius 3 is 2.57 bits per heavy atom. The van der Waals surface area contributed by atoms with Crippen LogP contribution in [0, 0.1) is 11.8 Å². The molecule has 2 heterocycles. The molecule has 1 aromatic rings. The summed E-state index contributed by atoms with van der Waals surface area (Å²) in [4.78, 5) is 31.8. The van der Waals surface area contributed by atoms with Gasteiger partial charge in [0.25, 0.3) is 0 Å². The lowest BCUT2D eigenvalue weighted by atomic mass is 9.99. The molecule has 0 aromatic carbocycles. The first kappa shape index (κ1) is 14.7. The monoisotopic (exact) mass is 318 g/mol. The summed E-state index contributed by atoms with van der Waals surface area (Å²) in [5, 5.41) is 4.00. The largest absolute Gasteiger partial charge is 0.345 e. The van der Waals surface area contributed by atoms with Crippen LogP contribution in [0.25, 0.3) is 0 Å². The van der Waals surface area contributed by atoms with E-state index in [1.54, 1.807) is 4.90 Å². The molecule has 1 aromatic heterocycles. The Morgan fingerprint density at radius 2 is 1.91 bits per heavy atom. The molecule has 4 rings (SSSR count). The van der Waals surface area contributed by atoms with E-state index >= 15 is 0 Å². The van der Waals surface area contributed by atoms with Crippen molar-refractivity contribution in [3.8, 4) is 0 Å². The fourth-order valence-corrected chi connectivity index (χ4v) is 2.96. The standard InChI is InChI=1S/C16H22N4O3/c1-19(15(21)10-2-3-10)7-6-13-17-14(23-18-13)12-8-20(9-12)16(22)11-4-5-11/h10-12H,2-9H2,1H3. The van der Waals surface area contributed by atoms with E-state index in [9.17, 15) is 9.59 Å². The quantitative estimate of drug-likeness (QED) is 0.776. The van der Waals surface area contributed by atoms with Crippen molar-refractivity contribution in [3.63, 3.8) is 0 Å². The van der Waals surface area contributed by atoms with Crippen molar-refractivity contribution < 1.29 is 14.1 Å². The lowest BCUT2D eigenvalue weighted by molar-refractivity contribution is -0.137. The Balaban J connectivity index is 1.24. The number of likely N-dealkylation sites (tertiary alicyclic amines) is 1. The third-order valence-corrected chi connectivity index (χ3v) is 4.93. The first-order chi connectivity index (χ1) is 11.1. The smallest absolute Gasteiger partial charge is 0.233 e. The van der Waals surface area contributed by atoms with Crippen molar-refractivity contribution in [1.29, 1.82) is 0 Å². The minimum absolute atomic E-state index is 0.171. The molecule has 7 nitrogen and oxygen atoms in total. The van der Waals surface area contributed by atoms with Crippen LogP contribution in [0.2, 0.25) is 0 Å². The zero-order valence-electron chi connectivity index (χ0n) is 13.4. The molecule has 2 saturated carbocycles. The van der Waals surface area contributed by atoms with Crippen molar-refractivity contribution in [1.82, 2.24) is 19.9 Å². The van der Waals surface area contributed by atoms with Gasteiger partial charge in [0.15, 0.2) is 5.82 Å². The number of nitrogens with zero attached hydrogens (tertiary/aromatic N) is 4. The van der Waals surface area contributed by atoms with Gasteiger partial charge in [-0.05, 0) is 25.7 Å². The summed E-state index contributed by atoms with van der Waals surface area (Å²) in [6.45, 7) is 2.00. The molecular weight excluding hydrogens is 296 g/mol. The first-order valence-electron chi connectivity index (χ1n) is 8.48. The third kappa shape index (κ3) is 3.09. The van der Waals surface area contributed by atoms with Crippen LogP contribution in [0.4, 0.5) is 0 Å². The van der Waals surface area contributed by atoms with Gasteiger partial charge in [-0.3, -0.25) is 9.59 Å². The second-order valence-electron chi connectivity index (χ2n) is 7.05. The molecule has 7 heteroatoms. The van der Waals surface area contributed by atoms with Crippen molar-refractivity contribution in [2.45, 2.75) is 38.0 Å². The zero-order chi connectivity index (χ0) is 16.0. The summed E-state index contributed by atoms with van der Waals surface area (Å²) >= 11 is 0. The van der Waals surface area contributed by atoms with Crippen LogP contribution in [-0.2, 0) is 16.0 Å². The van der Waals surface area contributed by atoms with Gasteiger partial charge in [0.1, 0.15) is 0 Å². The summed E-state index contributed by atoms with van der Waals surface area (Å²) in [5.74, 6) is 2.45. The highest BCUT2D eigenvalue weighted by atomic mass is 16.5. The lowest BCUT2D eigenvalue weighted by Gasteiger charge is -2.37. The molecule has 3 fully saturated rings. The molecule has 1 aliphatic heterocycles. The summed E-state index contributed by atoms with van der Waals surface area (Å²) in [6.07, 6.45) is 4.73. The molecule has 2 amide bonds. The van der Waals surface area contributed by atoms with Gasteiger partial charge < -0.3 is 14.3 Å². The number of likely N-dealkylation sites (N-methyl/N-ethyl adjacent to an activating group) is 1. The minimum Gasteiger partial charge on any atom is -0.345 e. The Bertz CT molecular complexity index is 615. The predicted molar refractivity (Wildman–Crippen MR) is 80.4 cm³/mol. The van der Waals surface area contributed by atoms with Crippen molar-refractivity contribution >= 4 is 11.8 Å². The van der Waals surface area contributed by atoms with Crippen molar-refractivity contribution in [2.24, 2.45) is 11.8 Å². The summed E-state index contributed by atoms with van der Waals surface area (Å²) in [6, 6.07) is 0. The maximum Gasteiger partial charge on any atom is 0.233 e. The minimum atomic E-state index is 0.171. The highest BCUT2D eigenvalue weighted by Crippen LogP contribution is 2.35. The Morgan fingerprint density at radius 1 is 1.22 bits per heavy atom. The number of carbonyl (C=O) groups excluding carboxylic acids is 2. The average Bonchev–Trinajstić information content (AvgIpc) is 3.40. The van der Waals surface area contributed by atoms with E-state index in [4.69, 9.17) is 4.52 Å². The topological polar surface area (TPSA) is 79.5 Å². The Kier molecular flexibility index (Phi) is 3.58. The van der Waals surface area contributed by atoms with Gasteiger partial charge in [0.2, 0.25) is 17.7 Å². The van der Waals surface area contributed by atoms with Gasteiger partial charge in [-0.25, -0.2) is 0 Å². The summed E-state index contributed by atoms with van der Waals surface area (Å²) in [7, 11) is 1.83. The first-order valence-corrected chi connectivity index (χ1v) is 8.48. The van der Waals surface area contributed by atoms with Gasteiger partial charge in [0, 0.05) is 44.9 Å². The van der Waals surface area contributed by atoms with E-state index in [0.717, 1.165) is 25.7 Å². The maximum atomic E-state index is 11.9. The van der Waals surface area contributed by atoms with E-state index < -0.39 is 0 Å². The molecule has 2 aliphatic carbocycles. The second-order valence-corrected chi connectivity index (χ2v) is 7.05. The number of amides is 2. The van der Waals surface area contributed by atoms with Gasteiger partial charge in [-0.15, -0.1) is 0 Å². The molecule has 0 radical (unpaired) electrons. The molecule has 124 valence electrons. The maximum absolute atomic E-state index is 11.9. The predicted octanol–water partition coefficient (Wildman–Crippen LogP) is 0.816. The molecule has 0 bridgehead atoms. The van der Waals surface area contributed by atoms with Gasteiger partial charge in [-0.2, -0.15) is 4.98 Å². The van der Waals surface area contributed by atoms with Crippen molar-refractivity contribution in [2.75, 3.05) is 26.7 Å². The second kappa shape index (κ2) is 5.62. The molecule has 0 atom stereocenters. The van der Waals surface area contributed by atoms with E-state index in [2.05, 4.69) is 10.1 Å². The van der Waals surface area contributed by atoms with Crippen LogP contribution in [-0.4, -0.2) is 58.4 Å². The molecule has 3 aliphatic rings. The number of hydrogen-bond donors (Lipinski definition) is 0. The average molecular weight is 318 g/mol. The molecular formula is C16H22N4O3. The van der Waals surface area contributed by atoms with Crippen LogP contribution >= 0.6 is 0 Å². The van der Waals surface area contributed by atoms with Crippen LogP contribution in [0.1, 0.15) is 43.3 Å². The third-order valence-electron chi connectivity index (χ3n) is 4.93. The number of aromatic nitrogens is 2. The highest BCUT2D eigenvalue weighted by molar-refractivity contribution is 5.82. The van der Waals surface area contributed by atoms with Crippen molar-refractivity contribution in [3.05, 3.63) is 11.7 Å². The van der Waals surface area contributed by atoms with Crippen LogP contribution < -0.4 is 0 Å².